The smallest absolute Gasteiger partial charge is 0.253 e. The van der Waals surface area contributed by atoms with Crippen molar-refractivity contribution in [3.8, 4) is 0 Å². The van der Waals surface area contributed by atoms with Crippen molar-refractivity contribution in [1.29, 1.82) is 0 Å². The van der Waals surface area contributed by atoms with Crippen LogP contribution >= 0.6 is 35.6 Å². The van der Waals surface area contributed by atoms with Crippen LogP contribution in [0.4, 0.5) is 5.82 Å². The van der Waals surface area contributed by atoms with Crippen LogP contribution in [0.2, 0.25) is 5.02 Å². The molecule has 8 nitrogen and oxygen atoms in total. The molecular weight excluding hydrogens is 516 g/mol. The average molecular weight is 539 g/mol. The predicted molar refractivity (Wildman–Crippen MR) is 145 cm³/mol. The number of thiocarbonyl (C=S) groups is 1. The van der Waals surface area contributed by atoms with Gasteiger partial charge in [-0.2, -0.15) is 0 Å². The van der Waals surface area contributed by atoms with Crippen LogP contribution in [0.25, 0.3) is 0 Å². The van der Waals surface area contributed by atoms with Gasteiger partial charge >= 0.3 is 0 Å². The first kappa shape index (κ1) is 24.5. The lowest BCUT2D eigenvalue weighted by Crippen LogP contribution is -2.41. The number of anilines is 1. The number of thioether (sulfide) groups is 1. The van der Waals surface area contributed by atoms with Gasteiger partial charge in [0, 0.05) is 29.9 Å². The van der Waals surface area contributed by atoms with Crippen LogP contribution in [-0.4, -0.2) is 37.9 Å². The number of halogens is 1. The Balaban J connectivity index is 1.25. The molecule has 1 fully saturated rings. The van der Waals surface area contributed by atoms with Crippen LogP contribution in [0.15, 0.2) is 55.0 Å². The van der Waals surface area contributed by atoms with Gasteiger partial charge in [0.1, 0.15) is 0 Å². The van der Waals surface area contributed by atoms with Crippen molar-refractivity contribution in [2.24, 2.45) is 0 Å². The van der Waals surface area contributed by atoms with Crippen LogP contribution in [-0.2, 0) is 17.6 Å². The number of nitrogens with one attached hydrogen (secondary N) is 4. The van der Waals surface area contributed by atoms with Gasteiger partial charge in [-0.3, -0.25) is 25.4 Å². The maximum Gasteiger partial charge on any atom is 0.253 e. The van der Waals surface area contributed by atoms with E-state index in [0.717, 1.165) is 24.0 Å². The fourth-order valence-electron chi connectivity index (χ4n) is 4.36. The SMILES string of the molecule is O=C(NC1CCSC1=O)c1cnc(NNC(=S)NC2c3ccccc3CCc3ccncc32)c(Cl)c1. The topological polar surface area (TPSA) is 108 Å². The van der Waals surface area contributed by atoms with Crippen molar-refractivity contribution in [2.45, 2.75) is 31.3 Å². The van der Waals surface area contributed by atoms with Gasteiger partial charge in [0.25, 0.3) is 5.91 Å². The number of carbonyl (C=O) groups is 2. The summed E-state index contributed by atoms with van der Waals surface area (Å²) in [6.07, 6.45) is 7.58. The third kappa shape index (κ3) is 5.30. The number of amides is 1. The molecule has 3 aromatic rings. The fraction of sp³-hybridized carbons (Fsp3) is 0.240. The van der Waals surface area contributed by atoms with E-state index in [0.29, 0.717) is 23.1 Å². The van der Waals surface area contributed by atoms with Gasteiger partial charge < -0.3 is 10.6 Å². The summed E-state index contributed by atoms with van der Waals surface area (Å²) in [6, 6.07) is 11.2. The molecule has 2 atom stereocenters. The Labute approximate surface area is 223 Å². The summed E-state index contributed by atoms with van der Waals surface area (Å²) in [5.74, 6) is 0.634. The molecule has 1 saturated heterocycles. The minimum absolute atomic E-state index is 0.0272. The number of hydrogen-bond donors (Lipinski definition) is 4. The molecule has 1 amide bonds. The van der Waals surface area contributed by atoms with E-state index in [2.05, 4.69) is 43.6 Å². The maximum atomic E-state index is 12.5. The van der Waals surface area contributed by atoms with Crippen molar-refractivity contribution in [3.05, 3.63) is 87.8 Å². The van der Waals surface area contributed by atoms with E-state index in [1.165, 1.54) is 35.2 Å². The highest BCUT2D eigenvalue weighted by Crippen LogP contribution is 2.32. The van der Waals surface area contributed by atoms with E-state index < -0.39 is 6.04 Å². The molecule has 0 bridgehead atoms. The minimum atomic E-state index is -0.473. The van der Waals surface area contributed by atoms with Gasteiger partial charge in [-0.1, -0.05) is 47.6 Å². The lowest BCUT2D eigenvalue weighted by atomic mass is 9.96. The lowest BCUT2D eigenvalue weighted by molar-refractivity contribution is -0.112. The van der Waals surface area contributed by atoms with Gasteiger partial charge in [-0.05, 0) is 60.3 Å². The van der Waals surface area contributed by atoms with E-state index in [1.807, 2.05) is 30.6 Å². The van der Waals surface area contributed by atoms with Gasteiger partial charge in [0.15, 0.2) is 10.9 Å². The van der Waals surface area contributed by atoms with E-state index in [1.54, 1.807) is 0 Å². The van der Waals surface area contributed by atoms with Gasteiger partial charge in [-0.25, -0.2) is 4.98 Å². The number of carbonyl (C=O) groups excluding carboxylic acids is 2. The normalized spacial score (nSPS) is 18.4. The first-order valence-electron chi connectivity index (χ1n) is 11.5. The Morgan fingerprint density at radius 3 is 2.67 bits per heavy atom. The molecule has 1 aliphatic heterocycles. The van der Waals surface area contributed by atoms with E-state index in [9.17, 15) is 9.59 Å². The molecule has 2 unspecified atom stereocenters. The molecule has 1 aliphatic carbocycles. The quantitative estimate of drug-likeness (QED) is 0.286. The highest BCUT2D eigenvalue weighted by atomic mass is 35.5. The Morgan fingerprint density at radius 1 is 1.08 bits per heavy atom. The van der Waals surface area contributed by atoms with Crippen LogP contribution in [0.1, 0.15) is 45.1 Å². The zero-order chi connectivity index (χ0) is 25.1. The second-order valence-corrected chi connectivity index (χ2v) is 10.4. The summed E-state index contributed by atoms with van der Waals surface area (Å²) in [5.41, 5.74) is 10.8. The molecule has 5 rings (SSSR count). The molecule has 3 heterocycles. The van der Waals surface area contributed by atoms with Crippen molar-refractivity contribution in [1.82, 2.24) is 26.0 Å². The molecule has 2 aliphatic rings. The highest BCUT2D eigenvalue weighted by molar-refractivity contribution is 8.14. The van der Waals surface area contributed by atoms with Crippen molar-refractivity contribution < 1.29 is 9.59 Å². The number of aromatic nitrogens is 2. The second-order valence-electron chi connectivity index (χ2n) is 8.47. The minimum Gasteiger partial charge on any atom is -0.350 e. The number of aryl methyl sites for hydroxylation is 2. The van der Waals surface area contributed by atoms with Crippen LogP contribution in [0, 0.1) is 0 Å². The first-order valence-corrected chi connectivity index (χ1v) is 13.2. The largest absolute Gasteiger partial charge is 0.350 e. The Morgan fingerprint density at radius 2 is 1.89 bits per heavy atom. The summed E-state index contributed by atoms with van der Waals surface area (Å²) >= 11 is 13.2. The number of rotatable bonds is 5. The van der Waals surface area contributed by atoms with E-state index in [4.69, 9.17) is 23.8 Å². The number of fused-ring (bicyclic) bond motifs is 2. The van der Waals surface area contributed by atoms with Crippen molar-refractivity contribution >= 4 is 57.5 Å². The molecule has 36 heavy (non-hydrogen) atoms. The molecule has 0 spiro atoms. The summed E-state index contributed by atoms with van der Waals surface area (Å²) in [4.78, 5) is 32.8. The summed E-state index contributed by atoms with van der Waals surface area (Å²) in [7, 11) is 0. The molecule has 2 aromatic heterocycles. The predicted octanol–water partition coefficient (Wildman–Crippen LogP) is 3.57. The van der Waals surface area contributed by atoms with Crippen molar-refractivity contribution in [2.75, 3.05) is 11.2 Å². The van der Waals surface area contributed by atoms with Gasteiger partial charge in [0.05, 0.1) is 22.7 Å². The summed E-state index contributed by atoms with van der Waals surface area (Å²) in [6.45, 7) is 0. The number of nitrogens with zero attached hydrogens (tertiary/aromatic N) is 2. The average Bonchev–Trinajstić information content (AvgIpc) is 3.22. The standard InChI is InChI=1S/C25H23ClN6O2S2/c26-19-11-16(23(33)29-20-8-10-36-24(20)34)12-28-22(19)31-32-25(35)30-21-17-4-2-1-3-14(17)5-6-15-7-9-27-13-18(15)21/h1-4,7,9,11-13,20-21H,5-6,8,10H2,(H,28,31)(H,29,33)(H2,30,32,35). The van der Waals surface area contributed by atoms with Crippen LogP contribution < -0.4 is 21.5 Å². The highest BCUT2D eigenvalue weighted by Gasteiger charge is 2.27. The first-order chi connectivity index (χ1) is 17.5. The Bertz CT molecular complexity index is 1290. The number of hydrogen-bond acceptors (Lipinski definition) is 7. The molecule has 11 heteroatoms. The second kappa shape index (κ2) is 10.8. The Kier molecular flexibility index (Phi) is 7.35. The summed E-state index contributed by atoms with van der Waals surface area (Å²) < 4.78 is 0. The number of hydrazine groups is 1. The molecule has 0 saturated carbocycles. The van der Waals surface area contributed by atoms with Crippen LogP contribution in [0.5, 0.6) is 0 Å². The molecule has 0 radical (unpaired) electrons. The molecule has 4 N–H and O–H groups in total. The molecule has 1 aromatic carbocycles. The zero-order valence-corrected chi connectivity index (χ0v) is 21.5. The fourth-order valence-corrected chi connectivity index (χ4v) is 5.68. The number of pyridine rings is 2. The maximum absolute atomic E-state index is 12.5. The Hall–Kier alpha value is -3.21. The van der Waals surface area contributed by atoms with Crippen LogP contribution in [0.3, 0.4) is 0 Å². The van der Waals surface area contributed by atoms with Crippen molar-refractivity contribution in [3.63, 3.8) is 0 Å². The third-order valence-electron chi connectivity index (χ3n) is 6.20. The van der Waals surface area contributed by atoms with Gasteiger partial charge in [-0.15, -0.1) is 0 Å². The third-order valence-corrected chi connectivity index (χ3v) is 7.72. The lowest BCUT2D eigenvalue weighted by Gasteiger charge is -2.23. The zero-order valence-electron chi connectivity index (χ0n) is 19.1. The number of benzene rings is 1. The van der Waals surface area contributed by atoms with E-state index in [-0.39, 0.29) is 27.7 Å². The van der Waals surface area contributed by atoms with Gasteiger partial charge in [0.2, 0.25) is 5.12 Å². The van der Waals surface area contributed by atoms with E-state index >= 15 is 0 Å². The molecule has 184 valence electrons. The summed E-state index contributed by atoms with van der Waals surface area (Å²) in [5, 5.41) is 6.67. The molecular formula is C25H23ClN6O2S2. The monoisotopic (exact) mass is 538 g/mol.